The Morgan fingerprint density at radius 3 is 2.88 bits per heavy atom. The lowest BCUT2D eigenvalue weighted by molar-refractivity contribution is -0.0470. The molecule has 3 nitrogen and oxygen atoms in total. The molecule has 2 atom stereocenters. The summed E-state index contributed by atoms with van der Waals surface area (Å²) in [4.78, 5) is 4.11. The molecule has 1 saturated carbocycles. The van der Waals surface area contributed by atoms with Crippen LogP contribution in [0.2, 0.25) is 0 Å². The molecule has 1 aliphatic carbocycles. The quantitative estimate of drug-likeness (QED) is 0.764. The Morgan fingerprint density at radius 2 is 2.25 bits per heavy atom. The number of anilines is 1. The third-order valence-electron chi connectivity index (χ3n) is 3.88. The highest BCUT2D eigenvalue weighted by molar-refractivity contribution is 5.48. The van der Waals surface area contributed by atoms with Crippen LogP contribution >= 0.6 is 0 Å². The van der Waals surface area contributed by atoms with Crippen molar-refractivity contribution in [1.82, 2.24) is 4.98 Å². The predicted octanol–water partition coefficient (Wildman–Crippen LogP) is 2.37. The van der Waals surface area contributed by atoms with Crippen molar-refractivity contribution in [2.24, 2.45) is 5.92 Å². The number of aromatic nitrogens is 1. The molecule has 0 saturated heterocycles. The van der Waals surface area contributed by atoms with Gasteiger partial charge in [-0.05, 0) is 37.3 Å². The number of pyridine rings is 1. The smallest absolute Gasteiger partial charge is 0.129 e. The zero-order valence-corrected chi connectivity index (χ0v) is 10.0. The minimum Gasteiger partial charge on any atom is -0.385 e. The average Bonchev–Trinajstić information content (AvgIpc) is 2.22. The van der Waals surface area contributed by atoms with Crippen molar-refractivity contribution in [2.45, 2.75) is 45.1 Å². The molecule has 2 rings (SSSR count). The normalized spacial score (nSPS) is 30.3. The molecule has 2 unspecified atom stereocenters. The second-order valence-corrected chi connectivity index (χ2v) is 4.96. The summed E-state index contributed by atoms with van der Waals surface area (Å²) in [6.07, 6.45) is 5.82. The Hall–Kier alpha value is -1.09. The average molecular weight is 220 g/mol. The molecule has 1 aromatic rings. The van der Waals surface area contributed by atoms with E-state index in [1.807, 2.05) is 13.0 Å². The predicted molar refractivity (Wildman–Crippen MR) is 64.9 cm³/mol. The molecule has 88 valence electrons. The summed E-state index contributed by atoms with van der Waals surface area (Å²) in [6, 6.07) is 1.92. The van der Waals surface area contributed by atoms with E-state index in [9.17, 15) is 5.11 Å². The highest BCUT2D eigenvalue weighted by atomic mass is 16.3. The molecule has 3 N–H and O–H groups in total. The van der Waals surface area contributed by atoms with Crippen molar-refractivity contribution in [1.29, 1.82) is 0 Å². The maximum absolute atomic E-state index is 10.9. The number of hydrogen-bond acceptors (Lipinski definition) is 3. The van der Waals surface area contributed by atoms with Crippen molar-refractivity contribution < 1.29 is 5.11 Å². The molecule has 1 aliphatic rings. The molecule has 0 bridgehead atoms. The van der Waals surface area contributed by atoms with Gasteiger partial charge in [-0.3, -0.25) is 0 Å². The first kappa shape index (κ1) is 11.4. The van der Waals surface area contributed by atoms with Gasteiger partial charge in [0.25, 0.3) is 0 Å². The second-order valence-electron chi connectivity index (χ2n) is 4.96. The topological polar surface area (TPSA) is 59.1 Å². The Morgan fingerprint density at radius 1 is 1.50 bits per heavy atom. The van der Waals surface area contributed by atoms with Crippen molar-refractivity contribution in [2.75, 3.05) is 5.73 Å². The van der Waals surface area contributed by atoms with Crippen molar-refractivity contribution in [3.8, 4) is 0 Å². The number of aryl methyl sites for hydroxylation is 1. The molecular weight excluding hydrogens is 200 g/mol. The number of nitrogen functional groups attached to an aromatic ring is 1. The van der Waals surface area contributed by atoms with E-state index in [0.29, 0.717) is 5.82 Å². The van der Waals surface area contributed by atoms with Crippen molar-refractivity contribution in [3.63, 3.8) is 0 Å². The van der Waals surface area contributed by atoms with E-state index in [0.717, 1.165) is 30.4 Å². The summed E-state index contributed by atoms with van der Waals surface area (Å²) < 4.78 is 0. The van der Waals surface area contributed by atoms with E-state index in [4.69, 9.17) is 5.73 Å². The first-order valence-corrected chi connectivity index (χ1v) is 5.99. The molecule has 0 aliphatic heterocycles. The van der Waals surface area contributed by atoms with Crippen LogP contribution in [0.3, 0.4) is 0 Å². The Balaban J connectivity index is 2.49. The Bertz CT molecular complexity index is 371. The second kappa shape index (κ2) is 4.06. The Labute approximate surface area is 96.7 Å². The van der Waals surface area contributed by atoms with E-state index in [-0.39, 0.29) is 5.92 Å². The van der Waals surface area contributed by atoms with Gasteiger partial charge in [-0.1, -0.05) is 19.8 Å². The summed E-state index contributed by atoms with van der Waals surface area (Å²) in [6.45, 7) is 4.09. The third kappa shape index (κ3) is 1.69. The summed E-state index contributed by atoms with van der Waals surface area (Å²) in [5.74, 6) is 0.739. The summed E-state index contributed by atoms with van der Waals surface area (Å²) in [5.41, 5.74) is 7.05. The number of aliphatic hydroxyl groups is 1. The Kier molecular flexibility index (Phi) is 2.89. The lowest BCUT2D eigenvalue weighted by atomic mass is 9.71. The van der Waals surface area contributed by atoms with Gasteiger partial charge in [0.2, 0.25) is 0 Å². The highest BCUT2D eigenvalue weighted by Crippen LogP contribution is 2.44. The SMILES string of the molecule is Cc1ccnc(N)c1C1(O)CCCCC1C. The van der Waals surface area contributed by atoms with Gasteiger partial charge in [0.05, 0.1) is 5.60 Å². The molecule has 3 heteroatoms. The molecule has 0 spiro atoms. The van der Waals surface area contributed by atoms with Crippen LogP contribution in [0, 0.1) is 12.8 Å². The lowest BCUT2D eigenvalue weighted by Gasteiger charge is -2.39. The van der Waals surface area contributed by atoms with Gasteiger partial charge in [0.1, 0.15) is 5.82 Å². The maximum Gasteiger partial charge on any atom is 0.129 e. The van der Waals surface area contributed by atoms with Gasteiger partial charge in [-0.25, -0.2) is 4.98 Å². The first-order chi connectivity index (χ1) is 7.55. The van der Waals surface area contributed by atoms with Crippen LogP contribution in [0.5, 0.6) is 0 Å². The molecular formula is C13H20N2O. The van der Waals surface area contributed by atoms with Crippen LogP contribution in [0.15, 0.2) is 12.3 Å². The molecule has 0 amide bonds. The van der Waals surface area contributed by atoms with Gasteiger partial charge < -0.3 is 10.8 Å². The van der Waals surface area contributed by atoms with Crippen LogP contribution < -0.4 is 5.73 Å². The van der Waals surface area contributed by atoms with E-state index in [1.165, 1.54) is 6.42 Å². The summed E-state index contributed by atoms with van der Waals surface area (Å²) in [7, 11) is 0. The number of nitrogens with two attached hydrogens (primary N) is 1. The number of rotatable bonds is 1. The van der Waals surface area contributed by atoms with E-state index >= 15 is 0 Å². The fourth-order valence-electron chi connectivity index (χ4n) is 2.84. The van der Waals surface area contributed by atoms with E-state index in [2.05, 4.69) is 11.9 Å². The van der Waals surface area contributed by atoms with E-state index < -0.39 is 5.60 Å². The molecule has 1 heterocycles. The molecule has 16 heavy (non-hydrogen) atoms. The zero-order chi connectivity index (χ0) is 11.8. The van der Waals surface area contributed by atoms with Gasteiger partial charge in [0, 0.05) is 11.8 Å². The van der Waals surface area contributed by atoms with Gasteiger partial charge in [-0.2, -0.15) is 0 Å². The fourth-order valence-corrected chi connectivity index (χ4v) is 2.84. The molecule has 0 aromatic carbocycles. The minimum absolute atomic E-state index is 0.256. The largest absolute Gasteiger partial charge is 0.385 e. The van der Waals surface area contributed by atoms with Gasteiger partial charge in [0.15, 0.2) is 0 Å². The number of hydrogen-bond donors (Lipinski definition) is 2. The van der Waals surface area contributed by atoms with Crippen LogP contribution in [0.4, 0.5) is 5.82 Å². The van der Waals surface area contributed by atoms with Crippen molar-refractivity contribution in [3.05, 3.63) is 23.4 Å². The van der Waals surface area contributed by atoms with Crippen LogP contribution in [0.25, 0.3) is 0 Å². The monoisotopic (exact) mass is 220 g/mol. The van der Waals surface area contributed by atoms with Gasteiger partial charge >= 0.3 is 0 Å². The summed E-state index contributed by atoms with van der Waals surface area (Å²) >= 11 is 0. The zero-order valence-electron chi connectivity index (χ0n) is 10.0. The highest BCUT2D eigenvalue weighted by Gasteiger charge is 2.40. The standard InChI is InChI=1S/C13H20N2O/c1-9-6-8-15-12(14)11(9)13(16)7-4-3-5-10(13)2/h6,8,10,16H,3-5,7H2,1-2H3,(H2,14,15). The van der Waals surface area contributed by atoms with Crippen LogP contribution in [-0.2, 0) is 5.60 Å². The molecule has 1 aromatic heterocycles. The third-order valence-corrected chi connectivity index (χ3v) is 3.88. The van der Waals surface area contributed by atoms with Gasteiger partial charge in [-0.15, -0.1) is 0 Å². The van der Waals surface area contributed by atoms with Crippen molar-refractivity contribution >= 4 is 5.82 Å². The van der Waals surface area contributed by atoms with E-state index in [1.54, 1.807) is 6.20 Å². The molecule has 0 radical (unpaired) electrons. The minimum atomic E-state index is -0.777. The lowest BCUT2D eigenvalue weighted by Crippen LogP contribution is -2.38. The molecule has 1 fully saturated rings. The van der Waals surface area contributed by atoms with Crippen LogP contribution in [-0.4, -0.2) is 10.1 Å². The fraction of sp³-hybridized carbons (Fsp3) is 0.615. The summed E-state index contributed by atoms with van der Waals surface area (Å²) in [5, 5.41) is 10.9. The number of nitrogens with zero attached hydrogens (tertiary/aromatic N) is 1. The first-order valence-electron chi connectivity index (χ1n) is 5.99. The maximum atomic E-state index is 10.9. The van der Waals surface area contributed by atoms with Crippen LogP contribution in [0.1, 0.15) is 43.7 Å².